The third-order valence-electron chi connectivity index (χ3n) is 3.43. The van der Waals surface area contributed by atoms with Crippen LogP contribution in [-0.4, -0.2) is 22.9 Å². The fraction of sp³-hybridized carbons (Fsp3) is 0.125. The molecule has 0 fully saturated rings. The highest BCUT2D eigenvalue weighted by atomic mass is 79.9. The first-order valence-electron chi connectivity index (χ1n) is 6.57. The summed E-state index contributed by atoms with van der Waals surface area (Å²) >= 11 is 9.78. The lowest BCUT2D eigenvalue weighted by molar-refractivity contribution is 0.0600. The highest BCUT2D eigenvalue weighted by molar-refractivity contribution is 9.10. The van der Waals surface area contributed by atoms with E-state index in [1.807, 2.05) is 35.1 Å². The topological polar surface area (TPSA) is 44.1 Å². The van der Waals surface area contributed by atoms with E-state index in [4.69, 9.17) is 11.6 Å². The van der Waals surface area contributed by atoms with Crippen LogP contribution in [0.3, 0.4) is 0 Å². The van der Waals surface area contributed by atoms with Crippen LogP contribution >= 0.6 is 27.5 Å². The lowest BCUT2D eigenvalue weighted by Crippen LogP contribution is -2.05. The molecule has 0 saturated carbocycles. The Labute approximate surface area is 140 Å². The average Bonchev–Trinajstić information content (AvgIpc) is 2.93. The zero-order valence-electron chi connectivity index (χ0n) is 11.7. The number of ether oxygens (including phenoxy) is 1. The molecule has 3 aromatic rings. The van der Waals surface area contributed by atoms with Gasteiger partial charge in [0.15, 0.2) is 0 Å². The molecular weight excluding hydrogens is 368 g/mol. The van der Waals surface area contributed by atoms with E-state index < -0.39 is 5.97 Å². The number of esters is 1. The summed E-state index contributed by atoms with van der Waals surface area (Å²) < 4.78 is 7.56. The Bertz CT molecular complexity index is 860. The van der Waals surface area contributed by atoms with E-state index in [0.29, 0.717) is 17.1 Å². The van der Waals surface area contributed by atoms with Crippen molar-refractivity contribution in [2.75, 3.05) is 7.11 Å². The number of hydrogen-bond acceptors (Lipinski definition) is 3. The van der Waals surface area contributed by atoms with Gasteiger partial charge in [-0.2, -0.15) is 5.10 Å². The molecule has 0 unspecified atom stereocenters. The van der Waals surface area contributed by atoms with Crippen molar-refractivity contribution >= 4 is 44.4 Å². The van der Waals surface area contributed by atoms with E-state index in [2.05, 4.69) is 25.8 Å². The van der Waals surface area contributed by atoms with Gasteiger partial charge in [0.05, 0.1) is 30.9 Å². The van der Waals surface area contributed by atoms with Crippen molar-refractivity contribution in [2.24, 2.45) is 0 Å². The zero-order chi connectivity index (χ0) is 15.7. The number of methoxy groups -OCH3 is 1. The molecule has 4 nitrogen and oxygen atoms in total. The van der Waals surface area contributed by atoms with Crippen molar-refractivity contribution in [3.8, 4) is 0 Å². The number of benzene rings is 2. The smallest absolute Gasteiger partial charge is 0.337 e. The lowest BCUT2D eigenvalue weighted by Gasteiger charge is -2.08. The van der Waals surface area contributed by atoms with Crippen LogP contribution in [-0.2, 0) is 11.3 Å². The van der Waals surface area contributed by atoms with Gasteiger partial charge in [0.25, 0.3) is 0 Å². The molecule has 3 rings (SSSR count). The first kappa shape index (κ1) is 15.1. The number of fused-ring (bicyclic) bond motifs is 1. The standard InChI is InChI=1S/C16H12BrClN2O2/c1-22-16(21)10-5-6-11(14(18)7-10)9-20-15-4-2-3-13(17)12(15)8-19-20/h2-8H,9H2,1H3. The zero-order valence-corrected chi connectivity index (χ0v) is 14.1. The summed E-state index contributed by atoms with van der Waals surface area (Å²) in [5.74, 6) is -0.401. The van der Waals surface area contributed by atoms with Gasteiger partial charge >= 0.3 is 5.97 Å². The van der Waals surface area contributed by atoms with Crippen molar-refractivity contribution in [1.82, 2.24) is 9.78 Å². The molecule has 0 aliphatic heterocycles. The van der Waals surface area contributed by atoms with Crippen LogP contribution in [0.15, 0.2) is 47.1 Å². The second kappa shape index (κ2) is 6.10. The number of rotatable bonds is 3. The molecule has 0 amide bonds. The van der Waals surface area contributed by atoms with E-state index in [-0.39, 0.29) is 0 Å². The van der Waals surface area contributed by atoms with Gasteiger partial charge in [-0.05, 0) is 29.8 Å². The normalized spacial score (nSPS) is 10.9. The summed E-state index contributed by atoms with van der Waals surface area (Å²) in [6.07, 6.45) is 1.82. The summed E-state index contributed by atoms with van der Waals surface area (Å²) in [6.45, 7) is 0.528. The molecule has 6 heteroatoms. The summed E-state index contributed by atoms with van der Waals surface area (Å²) in [6, 6.07) is 11.1. The van der Waals surface area contributed by atoms with E-state index >= 15 is 0 Å². The molecule has 0 radical (unpaired) electrons. The van der Waals surface area contributed by atoms with Crippen LogP contribution in [0.2, 0.25) is 5.02 Å². The van der Waals surface area contributed by atoms with Crippen molar-refractivity contribution in [3.05, 3.63) is 63.2 Å². The molecule has 22 heavy (non-hydrogen) atoms. The number of halogens is 2. The number of hydrogen-bond donors (Lipinski definition) is 0. The second-order valence-corrected chi connectivity index (χ2v) is 6.03. The molecule has 0 N–H and O–H groups in total. The van der Waals surface area contributed by atoms with E-state index in [0.717, 1.165) is 20.9 Å². The van der Waals surface area contributed by atoms with Crippen molar-refractivity contribution in [2.45, 2.75) is 6.54 Å². The fourth-order valence-electron chi connectivity index (χ4n) is 2.28. The van der Waals surface area contributed by atoms with Crippen LogP contribution in [0.1, 0.15) is 15.9 Å². The lowest BCUT2D eigenvalue weighted by atomic mass is 10.1. The summed E-state index contributed by atoms with van der Waals surface area (Å²) in [4.78, 5) is 11.5. The fourth-order valence-corrected chi connectivity index (χ4v) is 2.97. The summed E-state index contributed by atoms with van der Waals surface area (Å²) in [7, 11) is 1.35. The molecule has 1 aromatic heterocycles. The molecule has 0 atom stereocenters. The van der Waals surface area contributed by atoms with Crippen molar-refractivity contribution in [1.29, 1.82) is 0 Å². The maximum absolute atomic E-state index is 11.5. The molecule has 112 valence electrons. The van der Waals surface area contributed by atoms with Crippen molar-refractivity contribution < 1.29 is 9.53 Å². The highest BCUT2D eigenvalue weighted by Crippen LogP contribution is 2.25. The molecule has 0 saturated heterocycles. The predicted octanol–water partition coefficient (Wildman–Crippen LogP) is 4.29. The molecule has 0 bridgehead atoms. The average molecular weight is 380 g/mol. The largest absolute Gasteiger partial charge is 0.465 e. The first-order valence-corrected chi connectivity index (χ1v) is 7.74. The quantitative estimate of drug-likeness (QED) is 0.638. The third kappa shape index (κ3) is 2.74. The number of nitrogens with zero attached hydrogens (tertiary/aromatic N) is 2. The molecular formula is C16H12BrClN2O2. The van der Waals surface area contributed by atoms with Crippen LogP contribution in [0.4, 0.5) is 0 Å². The van der Waals surface area contributed by atoms with Gasteiger partial charge in [0.1, 0.15) is 0 Å². The van der Waals surface area contributed by atoms with E-state index in [1.54, 1.807) is 12.1 Å². The Hall–Kier alpha value is -1.85. The Morgan fingerprint density at radius 1 is 1.36 bits per heavy atom. The summed E-state index contributed by atoms with van der Waals surface area (Å²) in [5.41, 5.74) is 2.34. The Morgan fingerprint density at radius 2 is 2.18 bits per heavy atom. The Kier molecular flexibility index (Phi) is 4.18. The minimum atomic E-state index is -0.401. The van der Waals surface area contributed by atoms with E-state index in [9.17, 15) is 4.79 Å². The molecule has 0 spiro atoms. The molecule has 1 heterocycles. The van der Waals surface area contributed by atoms with Crippen LogP contribution in [0, 0.1) is 0 Å². The summed E-state index contributed by atoms with van der Waals surface area (Å²) in [5, 5.41) is 5.96. The van der Waals surface area contributed by atoms with Crippen LogP contribution in [0.5, 0.6) is 0 Å². The van der Waals surface area contributed by atoms with E-state index in [1.165, 1.54) is 7.11 Å². The number of carbonyl (C=O) groups is 1. The van der Waals surface area contributed by atoms with Gasteiger partial charge in [-0.25, -0.2) is 4.79 Å². The second-order valence-electron chi connectivity index (χ2n) is 4.77. The van der Waals surface area contributed by atoms with Gasteiger partial charge in [-0.1, -0.05) is 39.7 Å². The number of carbonyl (C=O) groups excluding carboxylic acids is 1. The third-order valence-corrected chi connectivity index (χ3v) is 4.47. The Morgan fingerprint density at radius 3 is 2.91 bits per heavy atom. The van der Waals surface area contributed by atoms with Crippen LogP contribution in [0.25, 0.3) is 10.9 Å². The monoisotopic (exact) mass is 378 g/mol. The minimum absolute atomic E-state index is 0.401. The Balaban J connectivity index is 1.95. The molecule has 0 aliphatic rings. The maximum atomic E-state index is 11.5. The highest BCUT2D eigenvalue weighted by Gasteiger charge is 2.11. The molecule has 2 aromatic carbocycles. The van der Waals surface area contributed by atoms with Gasteiger partial charge < -0.3 is 4.74 Å². The van der Waals surface area contributed by atoms with Gasteiger partial charge in [-0.3, -0.25) is 4.68 Å². The first-order chi connectivity index (χ1) is 10.6. The van der Waals surface area contributed by atoms with Gasteiger partial charge in [0.2, 0.25) is 0 Å². The predicted molar refractivity (Wildman–Crippen MR) is 89.3 cm³/mol. The van der Waals surface area contributed by atoms with Crippen molar-refractivity contribution in [3.63, 3.8) is 0 Å². The van der Waals surface area contributed by atoms with Gasteiger partial charge in [-0.15, -0.1) is 0 Å². The van der Waals surface area contributed by atoms with Gasteiger partial charge in [0, 0.05) is 14.9 Å². The number of aromatic nitrogens is 2. The minimum Gasteiger partial charge on any atom is -0.465 e. The SMILES string of the molecule is COC(=O)c1ccc(Cn2ncc3c(Br)cccc32)c(Cl)c1. The van der Waals surface area contributed by atoms with Crippen LogP contribution < -0.4 is 0 Å². The molecule has 0 aliphatic carbocycles. The maximum Gasteiger partial charge on any atom is 0.337 e.